The first kappa shape index (κ1) is 14.2. The average Bonchev–Trinajstić information content (AvgIpc) is 3.23. The summed E-state index contributed by atoms with van der Waals surface area (Å²) in [6.45, 7) is 2.59. The van der Waals surface area contributed by atoms with Gasteiger partial charge in [0.25, 0.3) is 0 Å². The number of methoxy groups -OCH3 is 1. The molecule has 2 rings (SSSR count). The van der Waals surface area contributed by atoms with Crippen molar-refractivity contribution in [2.45, 2.75) is 25.8 Å². The standard InChI is InChI=1S/C14H18N2O4/c1-3-16(10-5-6-10)14(19)15-9-4-7-11(13(17)18)12(8-9)20-2/h4,7-8,10H,3,5-6H2,1-2H3,(H,15,19)(H,17,18). The van der Waals surface area contributed by atoms with Crippen LogP contribution in [0.2, 0.25) is 0 Å². The van der Waals surface area contributed by atoms with Crippen LogP contribution in [-0.4, -0.2) is 41.7 Å². The van der Waals surface area contributed by atoms with Crippen LogP contribution in [0.1, 0.15) is 30.1 Å². The van der Waals surface area contributed by atoms with E-state index in [1.807, 2.05) is 6.92 Å². The quantitative estimate of drug-likeness (QED) is 0.867. The van der Waals surface area contributed by atoms with E-state index in [0.29, 0.717) is 18.3 Å². The van der Waals surface area contributed by atoms with E-state index in [1.54, 1.807) is 11.0 Å². The maximum Gasteiger partial charge on any atom is 0.339 e. The number of urea groups is 1. The van der Waals surface area contributed by atoms with Gasteiger partial charge in [0.1, 0.15) is 11.3 Å². The molecule has 1 aromatic carbocycles. The highest BCUT2D eigenvalue weighted by Gasteiger charge is 2.31. The summed E-state index contributed by atoms with van der Waals surface area (Å²) in [5.41, 5.74) is 0.594. The molecule has 0 aliphatic heterocycles. The number of rotatable bonds is 5. The summed E-state index contributed by atoms with van der Waals surface area (Å²) in [6, 6.07) is 4.66. The minimum Gasteiger partial charge on any atom is -0.496 e. The third-order valence-electron chi connectivity index (χ3n) is 3.27. The zero-order valence-corrected chi connectivity index (χ0v) is 11.5. The Kier molecular flexibility index (Phi) is 4.12. The van der Waals surface area contributed by atoms with Crippen LogP contribution in [0.4, 0.5) is 10.5 Å². The highest BCUT2D eigenvalue weighted by Crippen LogP contribution is 2.28. The van der Waals surface area contributed by atoms with Crippen LogP contribution in [0.3, 0.4) is 0 Å². The lowest BCUT2D eigenvalue weighted by molar-refractivity contribution is 0.0693. The lowest BCUT2D eigenvalue weighted by atomic mass is 10.2. The van der Waals surface area contributed by atoms with E-state index in [-0.39, 0.29) is 17.3 Å². The number of amides is 2. The van der Waals surface area contributed by atoms with Gasteiger partial charge in [-0.05, 0) is 31.9 Å². The first-order valence-corrected chi connectivity index (χ1v) is 6.55. The number of anilines is 1. The molecule has 6 heteroatoms. The second-order valence-electron chi connectivity index (χ2n) is 4.67. The zero-order chi connectivity index (χ0) is 14.7. The molecule has 0 unspecified atom stereocenters. The Labute approximate surface area is 117 Å². The molecule has 0 spiro atoms. The maximum absolute atomic E-state index is 12.1. The van der Waals surface area contributed by atoms with E-state index in [0.717, 1.165) is 12.8 Å². The van der Waals surface area contributed by atoms with Gasteiger partial charge >= 0.3 is 12.0 Å². The molecule has 0 saturated heterocycles. The largest absolute Gasteiger partial charge is 0.496 e. The van der Waals surface area contributed by atoms with Crippen LogP contribution in [0.25, 0.3) is 0 Å². The highest BCUT2D eigenvalue weighted by atomic mass is 16.5. The highest BCUT2D eigenvalue weighted by molar-refractivity contribution is 5.94. The normalized spacial score (nSPS) is 13.7. The number of carboxylic acids is 1. The fourth-order valence-electron chi connectivity index (χ4n) is 2.09. The topological polar surface area (TPSA) is 78.9 Å². The Hall–Kier alpha value is -2.24. The number of nitrogens with zero attached hydrogens (tertiary/aromatic N) is 1. The number of carboxylic acid groups (broad SMARTS) is 1. The second-order valence-corrected chi connectivity index (χ2v) is 4.67. The molecule has 0 atom stereocenters. The van der Waals surface area contributed by atoms with Crippen LogP contribution in [-0.2, 0) is 0 Å². The number of hydrogen-bond donors (Lipinski definition) is 2. The smallest absolute Gasteiger partial charge is 0.339 e. The van der Waals surface area contributed by atoms with Gasteiger partial charge in [0, 0.05) is 24.3 Å². The lowest BCUT2D eigenvalue weighted by Gasteiger charge is -2.21. The predicted molar refractivity (Wildman–Crippen MR) is 74.4 cm³/mol. The van der Waals surface area contributed by atoms with Gasteiger partial charge in [0.2, 0.25) is 0 Å². The van der Waals surface area contributed by atoms with Crippen LogP contribution in [0, 0.1) is 0 Å². The van der Waals surface area contributed by atoms with Crippen molar-refractivity contribution >= 4 is 17.7 Å². The van der Waals surface area contributed by atoms with Crippen molar-refractivity contribution < 1.29 is 19.4 Å². The van der Waals surface area contributed by atoms with Crippen molar-refractivity contribution in [3.8, 4) is 5.75 Å². The second kappa shape index (κ2) is 5.81. The Morgan fingerprint density at radius 2 is 2.15 bits per heavy atom. The van der Waals surface area contributed by atoms with Crippen molar-refractivity contribution in [2.24, 2.45) is 0 Å². The SMILES string of the molecule is CCN(C(=O)Nc1ccc(C(=O)O)c(OC)c1)C1CC1. The molecule has 1 fully saturated rings. The monoisotopic (exact) mass is 278 g/mol. The first-order valence-electron chi connectivity index (χ1n) is 6.55. The summed E-state index contributed by atoms with van der Waals surface area (Å²) < 4.78 is 5.03. The van der Waals surface area contributed by atoms with Gasteiger partial charge in [-0.2, -0.15) is 0 Å². The van der Waals surface area contributed by atoms with Crippen LogP contribution < -0.4 is 10.1 Å². The van der Waals surface area contributed by atoms with Crippen molar-refractivity contribution in [1.29, 1.82) is 0 Å². The lowest BCUT2D eigenvalue weighted by Crippen LogP contribution is -2.36. The van der Waals surface area contributed by atoms with E-state index in [9.17, 15) is 9.59 Å². The van der Waals surface area contributed by atoms with Crippen molar-refractivity contribution in [3.05, 3.63) is 23.8 Å². The molecule has 2 N–H and O–H groups in total. The van der Waals surface area contributed by atoms with Gasteiger partial charge in [-0.1, -0.05) is 0 Å². The Morgan fingerprint density at radius 3 is 2.65 bits per heavy atom. The molecular weight excluding hydrogens is 260 g/mol. The number of hydrogen-bond acceptors (Lipinski definition) is 3. The summed E-state index contributed by atoms with van der Waals surface area (Å²) in [4.78, 5) is 24.9. The van der Waals surface area contributed by atoms with E-state index in [2.05, 4.69) is 5.32 Å². The summed E-state index contributed by atoms with van der Waals surface area (Å²) in [6.07, 6.45) is 2.09. The number of benzene rings is 1. The molecule has 0 bridgehead atoms. The molecular formula is C14H18N2O4. The molecule has 0 radical (unpaired) electrons. The molecule has 0 heterocycles. The van der Waals surface area contributed by atoms with Crippen molar-refractivity contribution in [2.75, 3.05) is 19.0 Å². The summed E-state index contributed by atoms with van der Waals surface area (Å²) >= 11 is 0. The molecule has 1 aromatic rings. The van der Waals surface area contributed by atoms with Crippen molar-refractivity contribution in [3.63, 3.8) is 0 Å². The summed E-state index contributed by atoms with van der Waals surface area (Å²) in [5.74, 6) is -0.835. The number of aromatic carboxylic acids is 1. The van der Waals surface area contributed by atoms with E-state index in [4.69, 9.17) is 9.84 Å². The number of nitrogens with one attached hydrogen (secondary N) is 1. The fraction of sp³-hybridized carbons (Fsp3) is 0.429. The van der Waals surface area contributed by atoms with Crippen molar-refractivity contribution in [1.82, 2.24) is 4.90 Å². The zero-order valence-electron chi connectivity index (χ0n) is 11.5. The fourth-order valence-corrected chi connectivity index (χ4v) is 2.09. The predicted octanol–water partition coefficient (Wildman–Crippen LogP) is 2.41. The minimum absolute atomic E-state index is 0.0695. The summed E-state index contributed by atoms with van der Waals surface area (Å²) in [7, 11) is 1.40. The first-order chi connectivity index (χ1) is 9.56. The van der Waals surface area contributed by atoms with Gasteiger partial charge in [-0.3, -0.25) is 0 Å². The number of ether oxygens (including phenoxy) is 1. The van der Waals surface area contributed by atoms with Gasteiger partial charge in [-0.15, -0.1) is 0 Å². The molecule has 1 aliphatic carbocycles. The van der Waals surface area contributed by atoms with Crippen LogP contribution >= 0.6 is 0 Å². The van der Waals surface area contributed by atoms with E-state index >= 15 is 0 Å². The maximum atomic E-state index is 12.1. The molecule has 1 saturated carbocycles. The molecule has 0 aromatic heterocycles. The summed E-state index contributed by atoms with van der Waals surface area (Å²) in [5, 5.41) is 11.8. The van der Waals surface area contributed by atoms with Crippen LogP contribution in [0.5, 0.6) is 5.75 Å². The number of carbonyl (C=O) groups excluding carboxylic acids is 1. The molecule has 2 amide bonds. The molecule has 1 aliphatic rings. The third-order valence-corrected chi connectivity index (χ3v) is 3.27. The van der Waals surface area contributed by atoms with Gasteiger partial charge in [0.05, 0.1) is 7.11 Å². The molecule has 20 heavy (non-hydrogen) atoms. The Bertz CT molecular complexity index is 526. The number of carbonyl (C=O) groups is 2. The van der Waals surface area contributed by atoms with Crippen LogP contribution in [0.15, 0.2) is 18.2 Å². The Morgan fingerprint density at radius 1 is 1.45 bits per heavy atom. The van der Waals surface area contributed by atoms with Gasteiger partial charge in [-0.25, -0.2) is 9.59 Å². The minimum atomic E-state index is -1.06. The van der Waals surface area contributed by atoms with E-state index in [1.165, 1.54) is 19.2 Å². The Balaban J connectivity index is 2.13. The molecule has 6 nitrogen and oxygen atoms in total. The van der Waals surface area contributed by atoms with E-state index < -0.39 is 5.97 Å². The average molecular weight is 278 g/mol. The van der Waals surface area contributed by atoms with Gasteiger partial charge in [0.15, 0.2) is 0 Å². The molecule has 108 valence electrons. The third kappa shape index (κ3) is 3.01. The van der Waals surface area contributed by atoms with Gasteiger partial charge < -0.3 is 20.1 Å².